The zero-order chi connectivity index (χ0) is 17.5. The SMILES string of the molecule is COc1ccc(CNC(=O)Nc2cnn(CC3CCCCO3)c2)cc1. The molecule has 1 aliphatic heterocycles. The van der Waals surface area contributed by atoms with Crippen molar-refractivity contribution in [3.63, 3.8) is 0 Å². The second-order valence-electron chi connectivity index (χ2n) is 6.10. The summed E-state index contributed by atoms with van der Waals surface area (Å²) in [5.74, 6) is 0.794. The van der Waals surface area contributed by atoms with Gasteiger partial charge < -0.3 is 20.1 Å². The molecule has 0 saturated carbocycles. The summed E-state index contributed by atoms with van der Waals surface area (Å²) in [5, 5.41) is 9.90. The Bertz CT molecular complexity index is 678. The van der Waals surface area contributed by atoms with E-state index in [1.807, 2.05) is 35.1 Å². The lowest BCUT2D eigenvalue weighted by molar-refractivity contribution is 0.00401. The molecule has 1 atom stereocenters. The third kappa shape index (κ3) is 5.22. The Morgan fingerprint density at radius 1 is 1.36 bits per heavy atom. The van der Waals surface area contributed by atoms with Crippen LogP contribution in [0.15, 0.2) is 36.7 Å². The number of aromatic nitrogens is 2. The van der Waals surface area contributed by atoms with Crippen LogP contribution in [0, 0.1) is 0 Å². The van der Waals surface area contributed by atoms with Crippen LogP contribution in [-0.2, 0) is 17.8 Å². The molecule has 7 heteroatoms. The lowest BCUT2D eigenvalue weighted by atomic mass is 10.1. The highest BCUT2D eigenvalue weighted by Gasteiger charge is 2.15. The van der Waals surface area contributed by atoms with Gasteiger partial charge in [-0.05, 0) is 37.0 Å². The molecule has 1 saturated heterocycles. The number of nitrogens with one attached hydrogen (secondary N) is 2. The molecular formula is C18H24N4O3. The molecule has 2 amide bonds. The average Bonchev–Trinajstić information content (AvgIpc) is 3.08. The van der Waals surface area contributed by atoms with Crippen LogP contribution >= 0.6 is 0 Å². The summed E-state index contributed by atoms with van der Waals surface area (Å²) in [5.41, 5.74) is 1.67. The minimum Gasteiger partial charge on any atom is -0.497 e. The number of benzene rings is 1. The van der Waals surface area contributed by atoms with Crippen LogP contribution in [0.3, 0.4) is 0 Å². The number of hydrogen-bond acceptors (Lipinski definition) is 4. The minimum atomic E-state index is -0.260. The lowest BCUT2D eigenvalue weighted by Gasteiger charge is -2.22. The maximum Gasteiger partial charge on any atom is 0.319 e. The van der Waals surface area contributed by atoms with Gasteiger partial charge in [0, 0.05) is 19.3 Å². The molecule has 0 aliphatic carbocycles. The van der Waals surface area contributed by atoms with Crippen LogP contribution in [0.5, 0.6) is 5.75 Å². The van der Waals surface area contributed by atoms with Crippen LogP contribution in [0.25, 0.3) is 0 Å². The van der Waals surface area contributed by atoms with Gasteiger partial charge in [-0.1, -0.05) is 12.1 Å². The van der Waals surface area contributed by atoms with E-state index in [2.05, 4.69) is 15.7 Å². The fraction of sp³-hybridized carbons (Fsp3) is 0.444. The predicted octanol–water partition coefficient (Wildman–Crippen LogP) is 2.78. The molecule has 2 aromatic rings. The van der Waals surface area contributed by atoms with Crippen molar-refractivity contribution in [3.05, 3.63) is 42.2 Å². The molecule has 25 heavy (non-hydrogen) atoms. The van der Waals surface area contributed by atoms with Gasteiger partial charge >= 0.3 is 6.03 Å². The van der Waals surface area contributed by atoms with E-state index >= 15 is 0 Å². The van der Waals surface area contributed by atoms with Gasteiger partial charge in [0.15, 0.2) is 0 Å². The number of urea groups is 1. The van der Waals surface area contributed by atoms with Crippen molar-refractivity contribution in [3.8, 4) is 5.75 Å². The Kier molecular flexibility index (Phi) is 5.90. The van der Waals surface area contributed by atoms with Crippen molar-refractivity contribution in [2.75, 3.05) is 19.0 Å². The first-order valence-electron chi connectivity index (χ1n) is 8.55. The number of carbonyl (C=O) groups is 1. The quantitative estimate of drug-likeness (QED) is 0.845. The van der Waals surface area contributed by atoms with Crippen LogP contribution in [0.2, 0.25) is 0 Å². The number of rotatable bonds is 6. The highest BCUT2D eigenvalue weighted by molar-refractivity contribution is 5.88. The van der Waals surface area contributed by atoms with Crippen molar-refractivity contribution in [1.82, 2.24) is 15.1 Å². The van der Waals surface area contributed by atoms with Crippen LogP contribution < -0.4 is 15.4 Å². The van der Waals surface area contributed by atoms with Gasteiger partial charge in [0.1, 0.15) is 5.75 Å². The second kappa shape index (κ2) is 8.53. The predicted molar refractivity (Wildman–Crippen MR) is 94.7 cm³/mol. The average molecular weight is 344 g/mol. The Hall–Kier alpha value is -2.54. The third-order valence-corrected chi connectivity index (χ3v) is 4.17. The summed E-state index contributed by atoms with van der Waals surface area (Å²) in [6.45, 7) is 1.99. The molecule has 2 N–H and O–H groups in total. The van der Waals surface area contributed by atoms with E-state index < -0.39 is 0 Å². The molecule has 0 spiro atoms. The summed E-state index contributed by atoms with van der Waals surface area (Å²) in [6.07, 6.45) is 7.08. The molecule has 0 bridgehead atoms. The summed E-state index contributed by atoms with van der Waals surface area (Å²) in [4.78, 5) is 12.0. The summed E-state index contributed by atoms with van der Waals surface area (Å²) < 4.78 is 12.6. The van der Waals surface area contributed by atoms with E-state index in [4.69, 9.17) is 9.47 Å². The van der Waals surface area contributed by atoms with Crippen LogP contribution in [0.1, 0.15) is 24.8 Å². The van der Waals surface area contributed by atoms with E-state index in [1.165, 1.54) is 6.42 Å². The highest BCUT2D eigenvalue weighted by Crippen LogP contribution is 2.15. The molecule has 134 valence electrons. The summed E-state index contributed by atoms with van der Waals surface area (Å²) >= 11 is 0. The fourth-order valence-corrected chi connectivity index (χ4v) is 2.79. The maximum atomic E-state index is 12.0. The van der Waals surface area contributed by atoms with Gasteiger partial charge in [-0.25, -0.2) is 4.79 Å². The summed E-state index contributed by atoms with van der Waals surface area (Å²) in [6, 6.07) is 7.31. The molecule has 0 radical (unpaired) electrons. The number of carbonyl (C=O) groups excluding carboxylic acids is 1. The van der Waals surface area contributed by atoms with E-state index in [1.54, 1.807) is 13.3 Å². The third-order valence-electron chi connectivity index (χ3n) is 4.17. The molecule has 1 aliphatic rings. The number of nitrogens with zero attached hydrogens (tertiary/aromatic N) is 2. The second-order valence-corrected chi connectivity index (χ2v) is 6.10. The van der Waals surface area contributed by atoms with E-state index in [-0.39, 0.29) is 12.1 Å². The van der Waals surface area contributed by atoms with E-state index in [9.17, 15) is 4.79 Å². The Morgan fingerprint density at radius 2 is 2.20 bits per heavy atom. The highest BCUT2D eigenvalue weighted by atomic mass is 16.5. The van der Waals surface area contributed by atoms with Gasteiger partial charge in [-0.3, -0.25) is 4.68 Å². The van der Waals surface area contributed by atoms with Crippen molar-refractivity contribution in [2.24, 2.45) is 0 Å². The monoisotopic (exact) mass is 344 g/mol. The molecule has 1 aromatic heterocycles. The number of methoxy groups -OCH3 is 1. The van der Waals surface area contributed by atoms with Crippen molar-refractivity contribution in [2.45, 2.75) is 38.5 Å². The van der Waals surface area contributed by atoms with Crippen molar-refractivity contribution < 1.29 is 14.3 Å². The summed E-state index contributed by atoms with van der Waals surface area (Å²) in [7, 11) is 1.63. The van der Waals surface area contributed by atoms with Gasteiger partial charge in [0.25, 0.3) is 0 Å². The fourth-order valence-electron chi connectivity index (χ4n) is 2.79. The smallest absolute Gasteiger partial charge is 0.319 e. The maximum absolute atomic E-state index is 12.0. The first-order chi connectivity index (χ1) is 12.2. The molecular weight excluding hydrogens is 320 g/mol. The van der Waals surface area contributed by atoms with Gasteiger partial charge in [-0.2, -0.15) is 5.10 Å². The molecule has 3 rings (SSSR count). The number of anilines is 1. The molecule has 1 fully saturated rings. The van der Waals surface area contributed by atoms with Crippen LogP contribution in [-0.4, -0.2) is 35.6 Å². The van der Waals surface area contributed by atoms with Crippen LogP contribution in [0.4, 0.5) is 10.5 Å². The first-order valence-corrected chi connectivity index (χ1v) is 8.55. The van der Waals surface area contributed by atoms with E-state index in [0.29, 0.717) is 12.2 Å². The molecule has 7 nitrogen and oxygen atoms in total. The minimum absolute atomic E-state index is 0.213. The van der Waals surface area contributed by atoms with E-state index in [0.717, 1.165) is 37.3 Å². The molecule has 1 unspecified atom stereocenters. The Morgan fingerprint density at radius 3 is 2.92 bits per heavy atom. The first kappa shape index (κ1) is 17.3. The Balaban J connectivity index is 1.44. The zero-order valence-electron chi connectivity index (χ0n) is 14.4. The largest absolute Gasteiger partial charge is 0.497 e. The van der Waals surface area contributed by atoms with Crippen molar-refractivity contribution in [1.29, 1.82) is 0 Å². The topological polar surface area (TPSA) is 77.4 Å². The lowest BCUT2D eigenvalue weighted by Crippen LogP contribution is -2.28. The normalized spacial score (nSPS) is 17.1. The molecule has 2 heterocycles. The number of hydrogen-bond donors (Lipinski definition) is 2. The van der Waals surface area contributed by atoms with Gasteiger partial charge in [0.2, 0.25) is 0 Å². The Labute approximate surface area is 147 Å². The van der Waals surface area contributed by atoms with Gasteiger partial charge in [-0.15, -0.1) is 0 Å². The number of ether oxygens (including phenoxy) is 2. The molecule has 1 aromatic carbocycles. The number of amides is 2. The van der Waals surface area contributed by atoms with Gasteiger partial charge in [0.05, 0.1) is 31.6 Å². The van der Waals surface area contributed by atoms with Crippen molar-refractivity contribution >= 4 is 11.7 Å². The standard InChI is InChI=1S/C18H24N4O3/c1-24-16-7-5-14(6-8-16)10-19-18(23)21-15-11-20-22(12-15)13-17-4-2-3-9-25-17/h5-8,11-12,17H,2-4,9-10,13H2,1H3,(H2,19,21,23). The zero-order valence-corrected chi connectivity index (χ0v) is 14.4.